The van der Waals surface area contributed by atoms with Crippen LogP contribution >= 0.6 is 0 Å². The van der Waals surface area contributed by atoms with Crippen molar-refractivity contribution in [2.24, 2.45) is 5.92 Å². The maximum atomic E-state index is 14.4. The van der Waals surface area contributed by atoms with Crippen molar-refractivity contribution in [2.45, 2.75) is 88.8 Å². The highest BCUT2D eigenvalue weighted by atomic mass is 32.2. The van der Waals surface area contributed by atoms with Gasteiger partial charge in [0.1, 0.15) is 16.3 Å². The Hall–Kier alpha value is -3.50. The van der Waals surface area contributed by atoms with Crippen LogP contribution in [0.3, 0.4) is 0 Å². The predicted octanol–water partition coefficient (Wildman–Crippen LogP) is 4.52. The summed E-state index contributed by atoms with van der Waals surface area (Å²) >= 11 is 0. The van der Waals surface area contributed by atoms with Crippen molar-refractivity contribution in [1.29, 1.82) is 0 Å². The van der Waals surface area contributed by atoms with Crippen molar-refractivity contribution in [3.05, 3.63) is 65.0 Å². The Morgan fingerprint density at radius 1 is 1.06 bits per heavy atom. The maximum absolute atomic E-state index is 14.4. The largest absolute Gasteiger partial charge is 0.490 e. The van der Waals surface area contributed by atoms with Gasteiger partial charge in [0.25, 0.3) is 15.9 Å². The highest BCUT2D eigenvalue weighted by Crippen LogP contribution is 2.30. The Morgan fingerprint density at radius 2 is 1.76 bits per heavy atom. The van der Waals surface area contributed by atoms with Crippen LogP contribution in [0.2, 0.25) is 0 Å². The number of carbonyl (C=O) groups excluding carboxylic acids is 1. The van der Waals surface area contributed by atoms with Crippen LogP contribution in [0.4, 0.5) is 5.69 Å². The number of fused-ring (bicyclic) bond motifs is 1. The van der Waals surface area contributed by atoms with Gasteiger partial charge < -0.3 is 24.0 Å². The lowest BCUT2D eigenvalue weighted by Crippen LogP contribution is -2.48. The number of aryl methyl sites for hydroxylation is 3. The number of rotatable bonds is 9. The third-order valence-electron chi connectivity index (χ3n) is 8.71. The van der Waals surface area contributed by atoms with Gasteiger partial charge in [-0.2, -0.15) is 4.31 Å². The molecule has 1 aliphatic heterocycles. The lowest BCUT2D eigenvalue weighted by molar-refractivity contribution is -0.00835. The van der Waals surface area contributed by atoms with Crippen LogP contribution in [0.15, 0.2) is 56.8 Å². The minimum atomic E-state index is -3.97. The first-order valence-electron chi connectivity index (χ1n) is 16.4. The maximum Gasteiger partial charge on any atom is 0.261 e. The second kappa shape index (κ2) is 16.0. The summed E-state index contributed by atoms with van der Waals surface area (Å²) in [7, 11) is -6.47. The average Bonchev–Trinajstić information content (AvgIpc) is 3.40. The molecule has 0 fully saturated rings. The van der Waals surface area contributed by atoms with E-state index < -0.39 is 44.0 Å². The minimum Gasteiger partial charge on any atom is -0.490 e. The first-order chi connectivity index (χ1) is 23.0. The van der Waals surface area contributed by atoms with E-state index in [2.05, 4.69) is 9.88 Å². The van der Waals surface area contributed by atoms with E-state index in [4.69, 9.17) is 14.0 Å². The molecule has 15 heteroatoms. The van der Waals surface area contributed by atoms with E-state index in [1.54, 1.807) is 45.0 Å². The summed E-state index contributed by atoms with van der Waals surface area (Å²) in [6.45, 7) is 10.5. The summed E-state index contributed by atoms with van der Waals surface area (Å²) in [5.41, 5.74) is 1.46. The molecule has 13 nitrogen and oxygen atoms in total. The Kier molecular flexibility index (Phi) is 12.5. The molecule has 49 heavy (non-hydrogen) atoms. The van der Waals surface area contributed by atoms with E-state index >= 15 is 0 Å². The Labute approximate surface area is 289 Å². The van der Waals surface area contributed by atoms with Crippen molar-refractivity contribution in [3.63, 3.8) is 0 Å². The van der Waals surface area contributed by atoms with E-state index in [1.807, 2.05) is 20.8 Å². The fraction of sp³-hybridized carbons (Fsp3) is 0.529. The number of aliphatic hydroxyl groups excluding tert-OH is 1. The number of carbonyl (C=O) groups is 1. The lowest BCUT2D eigenvalue weighted by Gasteiger charge is -2.35. The molecule has 1 aromatic heterocycles. The first-order valence-corrected chi connectivity index (χ1v) is 19.3. The molecule has 2 heterocycles. The zero-order valence-electron chi connectivity index (χ0n) is 29.2. The standard InChI is InChI=1S/C34H48N4O9S2/c1-22-11-14-29(15-12-22)48(41,42)36-28-13-16-31-30(18-28)34(40)38(24(3)21-39)19-23(2)32(45-17-9-8-10-25(4)46-31)20-37(7)49(43,44)33-26(5)35-47-27(33)6/h11-16,18,23-25,32,36,39H,8-10,17,19-21H2,1-7H3/t23-,24+,25+,32+/m0/s1. The molecule has 2 N–H and O–H groups in total. The zero-order valence-corrected chi connectivity index (χ0v) is 30.8. The molecule has 0 bridgehead atoms. The van der Waals surface area contributed by atoms with Gasteiger partial charge in [0.2, 0.25) is 10.0 Å². The van der Waals surface area contributed by atoms with Crippen LogP contribution in [0.1, 0.15) is 67.4 Å². The van der Waals surface area contributed by atoms with Crippen LogP contribution in [-0.2, 0) is 24.8 Å². The molecule has 3 aromatic rings. The minimum absolute atomic E-state index is 0.00801. The average molecular weight is 721 g/mol. The number of nitrogens with one attached hydrogen (secondary N) is 1. The Bertz CT molecular complexity index is 1790. The number of aliphatic hydroxyl groups is 1. The van der Waals surface area contributed by atoms with Gasteiger partial charge in [0.05, 0.1) is 35.3 Å². The van der Waals surface area contributed by atoms with Crippen LogP contribution < -0.4 is 9.46 Å². The Morgan fingerprint density at radius 3 is 2.39 bits per heavy atom. The molecule has 0 aliphatic carbocycles. The van der Waals surface area contributed by atoms with E-state index in [0.29, 0.717) is 19.4 Å². The monoisotopic (exact) mass is 720 g/mol. The summed E-state index contributed by atoms with van der Waals surface area (Å²) in [6.07, 6.45) is 1.19. The lowest BCUT2D eigenvalue weighted by atomic mass is 10.0. The zero-order chi connectivity index (χ0) is 36.1. The molecule has 0 radical (unpaired) electrons. The summed E-state index contributed by atoms with van der Waals surface area (Å²) in [6, 6.07) is 10.3. The number of ether oxygens (including phenoxy) is 2. The highest BCUT2D eigenvalue weighted by Gasteiger charge is 2.34. The molecule has 1 amide bonds. The molecule has 0 saturated heterocycles. The number of hydrogen-bond acceptors (Lipinski definition) is 10. The summed E-state index contributed by atoms with van der Waals surface area (Å²) < 4.78 is 75.0. The molecule has 1 aliphatic rings. The summed E-state index contributed by atoms with van der Waals surface area (Å²) in [5, 5.41) is 14.0. The van der Waals surface area contributed by atoms with Crippen molar-refractivity contribution in [3.8, 4) is 5.75 Å². The van der Waals surface area contributed by atoms with Crippen molar-refractivity contribution in [1.82, 2.24) is 14.4 Å². The molecular formula is C34H48N4O9S2. The molecule has 0 saturated carbocycles. The van der Waals surface area contributed by atoms with Gasteiger partial charge >= 0.3 is 0 Å². The SMILES string of the molecule is Cc1ccc(S(=O)(=O)Nc2ccc3c(c2)C(=O)N([C@H](C)CO)C[C@H](C)[C@@H](CN(C)S(=O)(=O)c2c(C)noc2C)OCCCC[C@@H](C)O3)cc1. The Balaban J connectivity index is 1.69. The molecular weight excluding hydrogens is 673 g/mol. The van der Waals surface area contributed by atoms with Gasteiger partial charge in [0, 0.05) is 38.3 Å². The van der Waals surface area contributed by atoms with Crippen LogP contribution in [-0.4, -0.2) is 93.8 Å². The molecule has 0 spiro atoms. The van der Waals surface area contributed by atoms with Gasteiger partial charge in [0.15, 0.2) is 5.76 Å². The number of anilines is 1. The van der Waals surface area contributed by atoms with Crippen molar-refractivity contribution < 1.29 is 40.7 Å². The van der Waals surface area contributed by atoms with Gasteiger partial charge in [-0.1, -0.05) is 29.8 Å². The number of aromatic nitrogens is 1. The number of likely N-dealkylation sites (N-methyl/N-ethyl adjacent to an activating group) is 1. The summed E-state index contributed by atoms with van der Waals surface area (Å²) in [4.78, 5) is 16.0. The smallest absolute Gasteiger partial charge is 0.261 e. The number of sulfonamides is 2. The number of hydrogen-bond donors (Lipinski definition) is 2. The summed E-state index contributed by atoms with van der Waals surface area (Å²) in [5.74, 6) is -0.406. The third-order valence-corrected chi connectivity index (χ3v) is 12.2. The van der Waals surface area contributed by atoms with Crippen LogP contribution in [0, 0.1) is 26.7 Å². The van der Waals surface area contributed by atoms with Crippen molar-refractivity contribution in [2.75, 3.05) is 38.1 Å². The normalized spacial score (nSPS) is 20.7. The van der Waals surface area contributed by atoms with Crippen LogP contribution in [0.25, 0.3) is 0 Å². The number of amides is 1. The molecule has 0 unspecified atom stereocenters. The molecule has 2 aromatic carbocycles. The highest BCUT2D eigenvalue weighted by molar-refractivity contribution is 7.92. The van der Waals surface area contributed by atoms with E-state index in [-0.39, 0.29) is 64.0 Å². The van der Waals surface area contributed by atoms with E-state index in [9.17, 15) is 26.7 Å². The molecule has 4 rings (SSSR count). The van der Waals surface area contributed by atoms with Gasteiger partial charge in [-0.25, -0.2) is 16.8 Å². The van der Waals surface area contributed by atoms with Gasteiger partial charge in [-0.15, -0.1) is 0 Å². The molecule has 4 atom stereocenters. The topological polar surface area (TPSA) is 169 Å². The first kappa shape index (κ1) is 38.3. The third kappa shape index (κ3) is 9.19. The van der Waals surface area contributed by atoms with Crippen molar-refractivity contribution >= 4 is 31.6 Å². The van der Waals surface area contributed by atoms with Gasteiger partial charge in [-0.05, 0) is 84.2 Å². The van der Waals surface area contributed by atoms with E-state index in [1.165, 1.54) is 34.5 Å². The number of nitrogens with zero attached hydrogens (tertiary/aromatic N) is 3. The fourth-order valence-electron chi connectivity index (χ4n) is 5.73. The van der Waals surface area contributed by atoms with Crippen LogP contribution in [0.5, 0.6) is 5.75 Å². The number of benzene rings is 2. The second-order valence-corrected chi connectivity index (χ2v) is 16.5. The fourth-order valence-corrected chi connectivity index (χ4v) is 8.25. The van der Waals surface area contributed by atoms with E-state index in [0.717, 1.165) is 12.0 Å². The molecule has 270 valence electrons. The van der Waals surface area contributed by atoms with Gasteiger partial charge in [-0.3, -0.25) is 9.52 Å². The second-order valence-electron chi connectivity index (χ2n) is 12.9. The quantitative estimate of drug-likeness (QED) is 0.321. The predicted molar refractivity (Wildman–Crippen MR) is 185 cm³/mol.